The smallest absolute Gasteiger partial charge is 0.250 e. The van der Waals surface area contributed by atoms with Crippen molar-refractivity contribution in [1.29, 1.82) is 0 Å². The molecular formula is C26H27N3O3. The summed E-state index contributed by atoms with van der Waals surface area (Å²) >= 11 is 0. The van der Waals surface area contributed by atoms with Gasteiger partial charge in [0.25, 0.3) is 0 Å². The van der Waals surface area contributed by atoms with Gasteiger partial charge in [-0.15, -0.1) is 0 Å². The maximum atomic E-state index is 14.1. The molecule has 4 atom stereocenters. The zero-order chi connectivity index (χ0) is 22.5. The van der Waals surface area contributed by atoms with Crippen LogP contribution >= 0.6 is 0 Å². The molecule has 3 saturated heterocycles. The summed E-state index contributed by atoms with van der Waals surface area (Å²) in [6.45, 7) is 8.68. The van der Waals surface area contributed by atoms with Gasteiger partial charge in [-0.1, -0.05) is 24.3 Å². The lowest BCUT2D eigenvalue weighted by Gasteiger charge is -2.37. The molecule has 3 fully saturated rings. The Morgan fingerprint density at radius 2 is 1.69 bits per heavy atom. The minimum Gasteiger partial charge on any atom is -0.324 e. The summed E-state index contributed by atoms with van der Waals surface area (Å²) in [6.07, 6.45) is 1.75. The fourth-order valence-electron chi connectivity index (χ4n) is 6.74. The molecule has 6 nitrogen and oxygen atoms in total. The number of hydrogen-bond acceptors (Lipinski definition) is 4. The first-order valence-corrected chi connectivity index (χ1v) is 11.4. The summed E-state index contributed by atoms with van der Waals surface area (Å²) in [7, 11) is 0. The molecule has 4 heterocycles. The highest BCUT2D eigenvalue weighted by Crippen LogP contribution is 2.61. The third-order valence-corrected chi connectivity index (χ3v) is 8.52. The summed E-state index contributed by atoms with van der Waals surface area (Å²) in [6, 6.07) is 9.63. The van der Waals surface area contributed by atoms with E-state index in [1.807, 2.05) is 58.0 Å². The van der Waals surface area contributed by atoms with Gasteiger partial charge in [-0.05, 0) is 75.4 Å². The first-order valence-electron chi connectivity index (χ1n) is 11.4. The van der Waals surface area contributed by atoms with Crippen LogP contribution in [0.15, 0.2) is 30.3 Å². The van der Waals surface area contributed by atoms with Crippen molar-refractivity contribution >= 4 is 29.1 Å². The predicted molar refractivity (Wildman–Crippen MR) is 121 cm³/mol. The molecule has 3 amide bonds. The predicted octanol–water partition coefficient (Wildman–Crippen LogP) is 3.35. The van der Waals surface area contributed by atoms with Crippen LogP contribution in [0.2, 0.25) is 0 Å². The van der Waals surface area contributed by atoms with E-state index in [4.69, 9.17) is 0 Å². The maximum absolute atomic E-state index is 14.1. The number of hydrogen-bond donors (Lipinski definition) is 1. The number of anilines is 2. The minimum absolute atomic E-state index is 0.0927. The minimum atomic E-state index is -1.11. The van der Waals surface area contributed by atoms with Crippen molar-refractivity contribution in [1.82, 2.24) is 4.90 Å². The Labute approximate surface area is 187 Å². The van der Waals surface area contributed by atoms with E-state index < -0.39 is 17.4 Å². The van der Waals surface area contributed by atoms with E-state index in [0.29, 0.717) is 5.69 Å². The zero-order valence-corrected chi connectivity index (χ0v) is 18.9. The molecule has 2 aromatic carbocycles. The van der Waals surface area contributed by atoms with Gasteiger partial charge in [-0.3, -0.25) is 19.3 Å². The summed E-state index contributed by atoms with van der Waals surface area (Å²) < 4.78 is 0. The third kappa shape index (κ3) is 2.07. The number of amides is 3. The number of nitrogens with one attached hydrogen (secondary N) is 1. The van der Waals surface area contributed by atoms with Gasteiger partial charge < -0.3 is 5.32 Å². The maximum Gasteiger partial charge on any atom is 0.250 e. The van der Waals surface area contributed by atoms with Crippen molar-refractivity contribution < 1.29 is 14.4 Å². The average Bonchev–Trinajstić information content (AvgIpc) is 3.46. The van der Waals surface area contributed by atoms with Gasteiger partial charge >= 0.3 is 0 Å². The lowest BCUT2D eigenvalue weighted by molar-refractivity contribution is -0.135. The monoisotopic (exact) mass is 429 g/mol. The molecule has 1 spiro atoms. The number of imide groups is 1. The van der Waals surface area contributed by atoms with Crippen LogP contribution in [-0.4, -0.2) is 35.2 Å². The largest absolute Gasteiger partial charge is 0.324 e. The van der Waals surface area contributed by atoms with Crippen molar-refractivity contribution in [3.05, 3.63) is 58.1 Å². The summed E-state index contributed by atoms with van der Waals surface area (Å²) in [5, 5.41) is 3.11. The van der Waals surface area contributed by atoms with Gasteiger partial charge in [0.05, 0.1) is 17.5 Å². The lowest BCUT2D eigenvalue weighted by atomic mass is 9.75. The summed E-state index contributed by atoms with van der Waals surface area (Å²) in [4.78, 5) is 45.2. The van der Waals surface area contributed by atoms with Crippen molar-refractivity contribution in [3.63, 3.8) is 0 Å². The van der Waals surface area contributed by atoms with Crippen LogP contribution in [0.5, 0.6) is 0 Å². The SMILES string of the molecule is Cc1cccc(N2C(=O)[C@H]3[C@@H](C2=O)[C@]2(C(=O)Nc4c2ccc(C)c4C)N2CCC[C@@H]32)c1C. The van der Waals surface area contributed by atoms with Crippen LogP contribution in [-0.2, 0) is 19.9 Å². The number of benzene rings is 2. The van der Waals surface area contributed by atoms with Crippen LogP contribution in [0, 0.1) is 39.5 Å². The zero-order valence-electron chi connectivity index (χ0n) is 18.9. The molecule has 32 heavy (non-hydrogen) atoms. The van der Waals surface area contributed by atoms with E-state index in [1.54, 1.807) is 0 Å². The molecule has 6 heteroatoms. The van der Waals surface area contributed by atoms with Crippen LogP contribution in [0.3, 0.4) is 0 Å². The number of nitrogens with zero attached hydrogens (tertiary/aromatic N) is 2. The van der Waals surface area contributed by atoms with E-state index in [1.165, 1.54) is 4.90 Å². The lowest BCUT2D eigenvalue weighted by Crippen LogP contribution is -2.54. The number of aryl methyl sites for hydroxylation is 2. The highest BCUT2D eigenvalue weighted by molar-refractivity contribution is 6.26. The van der Waals surface area contributed by atoms with Gasteiger partial charge in [0.15, 0.2) is 0 Å². The van der Waals surface area contributed by atoms with Crippen molar-refractivity contribution in [3.8, 4) is 0 Å². The highest BCUT2D eigenvalue weighted by Gasteiger charge is 2.74. The Kier molecular flexibility index (Phi) is 3.87. The number of rotatable bonds is 1. The van der Waals surface area contributed by atoms with E-state index >= 15 is 0 Å². The molecule has 0 aliphatic carbocycles. The van der Waals surface area contributed by atoms with Crippen LogP contribution in [0.25, 0.3) is 0 Å². The average molecular weight is 430 g/mol. The Morgan fingerprint density at radius 1 is 0.938 bits per heavy atom. The first kappa shape index (κ1) is 19.7. The molecule has 164 valence electrons. The topological polar surface area (TPSA) is 69.7 Å². The van der Waals surface area contributed by atoms with E-state index in [9.17, 15) is 14.4 Å². The van der Waals surface area contributed by atoms with Gasteiger partial charge in [0.1, 0.15) is 5.54 Å². The summed E-state index contributed by atoms with van der Waals surface area (Å²) in [5.74, 6) is -1.77. The summed E-state index contributed by atoms with van der Waals surface area (Å²) in [5.41, 5.74) is 5.28. The molecule has 4 aliphatic rings. The first-order chi connectivity index (χ1) is 15.3. The Balaban J connectivity index is 1.58. The van der Waals surface area contributed by atoms with E-state index in [0.717, 1.165) is 52.9 Å². The molecule has 0 radical (unpaired) electrons. The fourth-order valence-corrected chi connectivity index (χ4v) is 6.74. The Bertz CT molecular complexity index is 1240. The second kappa shape index (κ2) is 6.29. The molecule has 1 N–H and O–H groups in total. The number of carbonyl (C=O) groups excluding carboxylic acids is 3. The molecule has 6 rings (SSSR count). The molecule has 2 aromatic rings. The molecule has 0 saturated carbocycles. The Hall–Kier alpha value is -2.99. The fraction of sp³-hybridized carbons (Fsp3) is 0.423. The number of carbonyl (C=O) groups is 3. The highest BCUT2D eigenvalue weighted by atomic mass is 16.2. The third-order valence-electron chi connectivity index (χ3n) is 8.52. The molecule has 0 aromatic heterocycles. The molecule has 0 bridgehead atoms. The normalized spacial score (nSPS) is 30.8. The van der Waals surface area contributed by atoms with Crippen LogP contribution < -0.4 is 10.2 Å². The molecule has 0 unspecified atom stereocenters. The standard InChI is InChI=1S/C26H27N3O3/c1-13-7-5-8-18(15(13)3)29-23(30)20-19-9-6-12-28(19)26(21(20)24(29)31)17-11-10-14(2)16(4)22(17)27-25(26)32/h5,7-8,10-11,19-21H,6,9,12H2,1-4H3,(H,27,32)/t19-,20+,21-,26+/m0/s1. The number of fused-ring (bicyclic) bond motifs is 7. The quantitative estimate of drug-likeness (QED) is 0.706. The molecular weight excluding hydrogens is 402 g/mol. The van der Waals surface area contributed by atoms with Crippen molar-refractivity contribution in [2.75, 3.05) is 16.8 Å². The van der Waals surface area contributed by atoms with Gasteiger partial charge in [0.2, 0.25) is 17.7 Å². The molecule has 4 aliphatic heterocycles. The Morgan fingerprint density at radius 3 is 2.47 bits per heavy atom. The van der Waals surface area contributed by atoms with E-state index in [-0.39, 0.29) is 23.8 Å². The van der Waals surface area contributed by atoms with Crippen molar-refractivity contribution in [2.24, 2.45) is 11.8 Å². The second-order valence-electron chi connectivity index (χ2n) is 9.79. The van der Waals surface area contributed by atoms with Gasteiger partial charge in [-0.25, -0.2) is 4.90 Å². The van der Waals surface area contributed by atoms with E-state index in [2.05, 4.69) is 10.2 Å². The van der Waals surface area contributed by atoms with Crippen molar-refractivity contribution in [2.45, 2.75) is 52.1 Å². The van der Waals surface area contributed by atoms with Gasteiger partial charge in [-0.2, -0.15) is 0 Å². The van der Waals surface area contributed by atoms with Crippen LogP contribution in [0.1, 0.15) is 40.7 Å². The van der Waals surface area contributed by atoms with Crippen LogP contribution in [0.4, 0.5) is 11.4 Å². The van der Waals surface area contributed by atoms with Gasteiger partial charge in [0, 0.05) is 17.3 Å². The second-order valence-corrected chi connectivity index (χ2v) is 9.79.